The number of thioether (sulfide) groups is 1. The van der Waals surface area contributed by atoms with Crippen LogP contribution < -0.4 is 10.2 Å². The van der Waals surface area contributed by atoms with E-state index in [2.05, 4.69) is 15.5 Å². The first-order valence-electron chi connectivity index (χ1n) is 9.94. The van der Waals surface area contributed by atoms with Crippen LogP contribution in [0.1, 0.15) is 15.9 Å². The highest BCUT2D eigenvalue weighted by atomic mass is 32.2. The zero-order valence-electron chi connectivity index (χ0n) is 17.9. The number of hydrogen-bond donors (Lipinski definition) is 1. The SMILES string of the molecule is CN(C)S(=O)(=O)c1ccc(C(=O)Nc2nnc(SCC(=O)N3CCc4ccccc43)s2)cc1. The van der Waals surface area contributed by atoms with Crippen LogP contribution in [0.4, 0.5) is 10.8 Å². The number of carbonyl (C=O) groups excluding carboxylic acids is 2. The molecule has 2 heterocycles. The second-order valence-corrected chi connectivity index (χ2v) is 11.7. The molecule has 12 heteroatoms. The molecule has 0 fully saturated rings. The molecule has 0 radical (unpaired) electrons. The van der Waals surface area contributed by atoms with Gasteiger partial charge in [0.15, 0.2) is 4.34 Å². The van der Waals surface area contributed by atoms with E-state index in [0.717, 1.165) is 16.4 Å². The van der Waals surface area contributed by atoms with Crippen LogP contribution in [0.3, 0.4) is 0 Å². The van der Waals surface area contributed by atoms with Crippen LogP contribution in [-0.2, 0) is 21.2 Å². The number of nitrogens with one attached hydrogen (secondary N) is 1. The number of fused-ring (bicyclic) bond motifs is 1. The van der Waals surface area contributed by atoms with E-state index in [0.29, 0.717) is 21.6 Å². The predicted octanol–water partition coefficient (Wildman–Crippen LogP) is 2.72. The van der Waals surface area contributed by atoms with E-state index in [-0.39, 0.29) is 16.6 Å². The third-order valence-corrected chi connectivity index (χ3v) is 8.82. The Morgan fingerprint density at radius 2 is 1.85 bits per heavy atom. The Labute approximate surface area is 199 Å². The van der Waals surface area contributed by atoms with Gasteiger partial charge in [0, 0.05) is 31.9 Å². The number of aromatic nitrogens is 2. The van der Waals surface area contributed by atoms with Crippen LogP contribution in [0.15, 0.2) is 57.8 Å². The van der Waals surface area contributed by atoms with E-state index in [1.54, 1.807) is 4.90 Å². The summed E-state index contributed by atoms with van der Waals surface area (Å²) in [7, 11) is -0.677. The largest absolute Gasteiger partial charge is 0.311 e. The summed E-state index contributed by atoms with van der Waals surface area (Å²) in [5, 5.41) is 10.9. The maximum absolute atomic E-state index is 12.6. The monoisotopic (exact) mass is 503 g/mol. The molecule has 1 aliphatic heterocycles. The lowest BCUT2D eigenvalue weighted by molar-refractivity contribution is -0.116. The van der Waals surface area contributed by atoms with Crippen molar-refractivity contribution in [1.82, 2.24) is 14.5 Å². The molecule has 1 N–H and O–H groups in total. The van der Waals surface area contributed by atoms with Gasteiger partial charge in [-0.3, -0.25) is 14.9 Å². The molecule has 1 aliphatic rings. The smallest absolute Gasteiger partial charge is 0.257 e. The van der Waals surface area contributed by atoms with E-state index in [1.807, 2.05) is 24.3 Å². The maximum Gasteiger partial charge on any atom is 0.257 e. The molecule has 9 nitrogen and oxygen atoms in total. The highest BCUT2D eigenvalue weighted by Crippen LogP contribution is 2.30. The van der Waals surface area contributed by atoms with E-state index in [4.69, 9.17) is 0 Å². The number of rotatable bonds is 7. The van der Waals surface area contributed by atoms with E-state index < -0.39 is 15.9 Å². The first kappa shape index (κ1) is 23.4. The van der Waals surface area contributed by atoms with Crippen molar-refractivity contribution < 1.29 is 18.0 Å². The van der Waals surface area contributed by atoms with E-state index in [1.165, 1.54) is 67.0 Å². The summed E-state index contributed by atoms with van der Waals surface area (Å²) in [6, 6.07) is 13.5. The molecule has 0 saturated carbocycles. The highest BCUT2D eigenvalue weighted by molar-refractivity contribution is 8.01. The van der Waals surface area contributed by atoms with Crippen LogP contribution in [0.2, 0.25) is 0 Å². The average Bonchev–Trinajstić information content (AvgIpc) is 3.44. The molecule has 3 aromatic rings. The number of para-hydroxylation sites is 1. The van der Waals surface area contributed by atoms with Gasteiger partial charge in [-0.2, -0.15) is 0 Å². The van der Waals surface area contributed by atoms with Crippen molar-refractivity contribution in [2.75, 3.05) is 36.6 Å². The van der Waals surface area contributed by atoms with Crippen LogP contribution in [0.25, 0.3) is 0 Å². The van der Waals surface area contributed by atoms with Crippen LogP contribution in [0, 0.1) is 0 Å². The molecular formula is C21H21N5O4S3. The highest BCUT2D eigenvalue weighted by Gasteiger charge is 2.24. The Morgan fingerprint density at radius 3 is 2.58 bits per heavy atom. The van der Waals surface area contributed by atoms with Crippen molar-refractivity contribution in [2.24, 2.45) is 0 Å². The Kier molecular flexibility index (Phi) is 6.79. The lowest BCUT2D eigenvalue weighted by Crippen LogP contribution is -2.30. The molecule has 0 spiro atoms. The normalized spacial score (nSPS) is 13.2. The summed E-state index contributed by atoms with van der Waals surface area (Å²) in [6.07, 6.45) is 0.851. The summed E-state index contributed by atoms with van der Waals surface area (Å²) in [4.78, 5) is 27.0. The van der Waals surface area contributed by atoms with Gasteiger partial charge in [-0.15, -0.1) is 10.2 Å². The van der Waals surface area contributed by atoms with Gasteiger partial charge in [-0.05, 0) is 42.3 Å². The molecule has 0 saturated heterocycles. The quantitative estimate of drug-likeness (QED) is 0.390. The molecule has 4 rings (SSSR count). The second-order valence-electron chi connectivity index (χ2n) is 7.35. The minimum Gasteiger partial charge on any atom is -0.311 e. The van der Waals surface area contributed by atoms with Gasteiger partial charge in [-0.1, -0.05) is 41.3 Å². The fraction of sp³-hybridized carbons (Fsp3) is 0.238. The van der Waals surface area contributed by atoms with Gasteiger partial charge in [0.2, 0.25) is 21.1 Å². The maximum atomic E-state index is 12.6. The standard InChI is InChI=1S/C21H21N5O4S3/c1-25(2)33(29,30)16-9-7-15(8-10-16)19(28)22-20-23-24-21(32-20)31-13-18(27)26-12-11-14-5-3-4-6-17(14)26/h3-10H,11-13H2,1-2H3,(H,22,23,28). The number of amides is 2. The van der Waals surface area contributed by atoms with Gasteiger partial charge in [0.25, 0.3) is 5.91 Å². The van der Waals surface area contributed by atoms with Gasteiger partial charge < -0.3 is 4.90 Å². The molecule has 2 amide bonds. The van der Waals surface area contributed by atoms with Gasteiger partial charge >= 0.3 is 0 Å². The Hall–Kier alpha value is -2.80. The van der Waals surface area contributed by atoms with Gasteiger partial charge in [0.1, 0.15) is 0 Å². The van der Waals surface area contributed by atoms with Crippen LogP contribution in [0.5, 0.6) is 0 Å². The lowest BCUT2D eigenvalue weighted by Gasteiger charge is -2.16. The van der Waals surface area contributed by atoms with Crippen molar-refractivity contribution in [3.63, 3.8) is 0 Å². The topological polar surface area (TPSA) is 113 Å². The van der Waals surface area contributed by atoms with Crippen molar-refractivity contribution >= 4 is 55.8 Å². The summed E-state index contributed by atoms with van der Waals surface area (Å²) in [6.45, 7) is 0.671. The summed E-state index contributed by atoms with van der Waals surface area (Å²) < 4.78 is 26.0. The molecule has 2 aromatic carbocycles. The molecule has 33 heavy (non-hydrogen) atoms. The van der Waals surface area contributed by atoms with E-state index in [9.17, 15) is 18.0 Å². The predicted molar refractivity (Wildman–Crippen MR) is 128 cm³/mol. The number of anilines is 2. The number of benzene rings is 2. The minimum atomic E-state index is -3.56. The van der Waals surface area contributed by atoms with Crippen molar-refractivity contribution in [1.29, 1.82) is 0 Å². The summed E-state index contributed by atoms with van der Waals surface area (Å²) >= 11 is 2.45. The van der Waals surface area contributed by atoms with Gasteiger partial charge in [0.05, 0.1) is 10.6 Å². The molecule has 0 unspecified atom stereocenters. The first-order valence-corrected chi connectivity index (χ1v) is 13.2. The summed E-state index contributed by atoms with van der Waals surface area (Å²) in [5.74, 6) is -0.210. The minimum absolute atomic E-state index is 0.00139. The number of hydrogen-bond acceptors (Lipinski definition) is 8. The van der Waals surface area contributed by atoms with Crippen molar-refractivity contribution in [2.45, 2.75) is 15.7 Å². The fourth-order valence-corrected chi connectivity index (χ4v) is 5.80. The van der Waals surface area contributed by atoms with E-state index >= 15 is 0 Å². The summed E-state index contributed by atoms with van der Waals surface area (Å²) in [5.41, 5.74) is 2.42. The zero-order chi connectivity index (χ0) is 23.6. The van der Waals surface area contributed by atoms with Crippen molar-refractivity contribution in [3.05, 3.63) is 59.7 Å². The Bertz CT molecular complexity index is 1290. The van der Waals surface area contributed by atoms with Crippen LogP contribution in [-0.4, -0.2) is 61.1 Å². The third kappa shape index (κ3) is 5.08. The van der Waals surface area contributed by atoms with Gasteiger partial charge in [-0.25, -0.2) is 12.7 Å². The Morgan fingerprint density at radius 1 is 1.12 bits per heavy atom. The lowest BCUT2D eigenvalue weighted by atomic mass is 10.2. The number of carbonyl (C=O) groups is 2. The molecule has 0 bridgehead atoms. The Balaban J connectivity index is 1.33. The average molecular weight is 504 g/mol. The third-order valence-electron chi connectivity index (χ3n) is 5.03. The van der Waals surface area contributed by atoms with Crippen LogP contribution >= 0.6 is 23.1 Å². The number of nitrogens with zero attached hydrogens (tertiary/aromatic N) is 4. The molecule has 0 aliphatic carbocycles. The molecule has 1 aromatic heterocycles. The first-order chi connectivity index (χ1) is 15.8. The second kappa shape index (κ2) is 9.59. The number of sulfonamides is 1. The molecule has 172 valence electrons. The molecular weight excluding hydrogens is 482 g/mol. The fourth-order valence-electron chi connectivity index (χ4n) is 3.28. The molecule has 0 atom stereocenters. The van der Waals surface area contributed by atoms with Crippen molar-refractivity contribution in [3.8, 4) is 0 Å². The zero-order valence-corrected chi connectivity index (χ0v) is 20.3.